The number of nitrogens with one attached hydrogen (secondary N) is 2. The van der Waals surface area contributed by atoms with Gasteiger partial charge in [0.05, 0.1) is 24.6 Å². The number of benzene rings is 4. The molecule has 2 amide bonds. The lowest BCUT2D eigenvalue weighted by atomic mass is 10.1. The number of methoxy groups -OCH3 is 1. The molecule has 4 aromatic carbocycles. The van der Waals surface area contributed by atoms with E-state index < -0.39 is 5.91 Å². The van der Waals surface area contributed by atoms with Crippen molar-refractivity contribution in [2.75, 3.05) is 12.4 Å². The fourth-order valence-electron chi connectivity index (χ4n) is 3.40. The lowest BCUT2D eigenvalue weighted by Crippen LogP contribution is -2.21. The highest BCUT2D eigenvalue weighted by molar-refractivity contribution is 6.09. The smallest absolute Gasteiger partial charge is 0.273 e. The van der Waals surface area contributed by atoms with E-state index in [0.717, 1.165) is 11.1 Å². The molecule has 0 fully saturated rings. The largest absolute Gasteiger partial charge is 0.497 e. The van der Waals surface area contributed by atoms with Crippen molar-refractivity contribution in [3.63, 3.8) is 0 Å². The molecule has 0 atom stereocenters. The van der Waals surface area contributed by atoms with E-state index in [1.54, 1.807) is 55.6 Å². The van der Waals surface area contributed by atoms with Crippen LogP contribution in [0.25, 0.3) is 0 Å². The lowest BCUT2D eigenvalue weighted by Gasteiger charge is -2.11. The maximum Gasteiger partial charge on any atom is 0.273 e. The SMILES string of the molecule is COc1ccc(C(=O)Nc2ccccc2C(=O)N/N=C\c2ccccc2OCc2ccccc2)cc1. The second-order valence-electron chi connectivity index (χ2n) is 7.74. The topological polar surface area (TPSA) is 89.0 Å². The van der Waals surface area contributed by atoms with Crippen LogP contribution in [0.15, 0.2) is 108 Å². The van der Waals surface area contributed by atoms with Crippen LogP contribution in [0.1, 0.15) is 31.8 Å². The monoisotopic (exact) mass is 479 g/mol. The number of amides is 2. The standard InChI is InChI=1S/C29H25N3O4/c1-35-24-17-15-22(16-18-24)28(33)31-26-13-7-6-12-25(26)29(34)32-30-19-23-11-5-8-14-27(23)36-20-21-9-3-2-4-10-21/h2-19H,20H2,1H3,(H,31,33)(H,32,34)/b30-19-. The normalized spacial score (nSPS) is 10.6. The van der Waals surface area contributed by atoms with Gasteiger partial charge in [0.1, 0.15) is 18.1 Å². The van der Waals surface area contributed by atoms with Crippen LogP contribution in [0, 0.1) is 0 Å². The predicted octanol–water partition coefficient (Wildman–Crippen LogP) is 5.29. The Balaban J connectivity index is 1.41. The van der Waals surface area contributed by atoms with E-state index >= 15 is 0 Å². The molecular formula is C29H25N3O4. The van der Waals surface area contributed by atoms with E-state index in [-0.39, 0.29) is 11.5 Å². The van der Waals surface area contributed by atoms with Crippen molar-refractivity contribution in [3.8, 4) is 11.5 Å². The summed E-state index contributed by atoms with van der Waals surface area (Å²) in [5.74, 6) is 0.494. The third kappa shape index (κ3) is 6.36. The van der Waals surface area contributed by atoms with Crippen molar-refractivity contribution in [2.45, 2.75) is 6.61 Å². The van der Waals surface area contributed by atoms with Gasteiger partial charge in [0.25, 0.3) is 11.8 Å². The molecule has 4 aromatic rings. The molecule has 36 heavy (non-hydrogen) atoms. The van der Waals surface area contributed by atoms with Crippen LogP contribution in [0.4, 0.5) is 5.69 Å². The summed E-state index contributed by atoms with van der Waals surface area (Å²) in [4.78, 5) is 25.5. The molecule has 7 nitrogen and oxygen atoms in total. The van der Waals surface area contributed by atoms with Gasteiger partial charge in [0, 0.05) is 11.1 Å². The Morgan fingerprint density at radius 3 is 2.28 bits per heavy atom. The van der Waals surface area contributed by atoms with Crippen molar-refractivity contribution in [3.05, 3.63) is 125 Å². The van der Waals surface area contributed by atoms with E-state index in [4.69, 9.17) is 9.47 Å². The predicted molar refractivity (Wildman–Crippen MR) is 140 cm³/mol. The van der Waals surface area contributed by atoms with Crippen molar-refractivity contribution < 1.29 is 19.1 Å². The first-order valence-electron chi connectivity index (χ1n) is 11.3. The van der Waals surface area contributed by atoms with Crippen LogP contribution in [0.2, 0.25) is 0 Å². The Morgan fingerprint density at radius 1 is 0.806 bits per heavy atom. The molecule has 180 valence electrons. The number of rotatable bonds is 9. The average Bonchev–Trinajstić information content (AvgIpc) is 2.93. The summed E-state index contributed by atoms with van der Waals surface area (Å²) in [6, 6.07) is 30.7. The van der Waals surface area contributed by atoms with Crippen molar-refractivity contribution in [1.82, 2.24) is 5.43 Å². The molecule has 0 bridgehead atoms. The third-order valence-corrected chi connectivity index (χ3v) is 5.30. The van der Waals surface area contributed by atoms with Gasteiger partial charge in [-0.25, -0.2) is 5.43 Å². The highest BCUT2D eigenvalue weighted by Crippen LogP contribution is 2.19. The summed E-state index contributed by atoms with van der Waals surface area (Å²) in [5.41, 5.74) is 5.38. The van der Waals surface area contributed by atoms with E-state index in [2.05, 4.69) is 15.8 Å². The Bertz CT molecular complexity index is 1350. The molecule has 2 N–H and O–H groups in total. The molecule has 0 saturated heterocycles. The van der Waals surface area contributed by atoms with Crippen LogP contribution < -0.4 is 20.2 Å². The Morgan fingerprint density at radius 2 is 1.50 bits per heavy atom. The second kappa shape index (κ2) is 12.0. The van der Waals surface area contributed by atoms with Gasteiger partial charge in [0.2, 0.25) is 0 Å². The summed E-state index contributed by atoms with van der Waals surface area (Å²) in [6.45, 7) is 0.416. The van der Waals surface area contributed by atoms with E-state index in [1.807, 2.05) is 54.6 Å². The summed E-state index contributed by atoms with van der Waals surface area (Å²) >= 11 is 0. The van der Waals surface area contributed by atoms with Gasteiger partial charge in [-0.3, -0.25) is 9.59 Å². The molecule has 0 spiro atoms. The first-order valence-corrected chi connectivity index (χ1v) is 11.3. The number of anilines is 1. The van der Waals surface area contributed by atoms with Crippen molar-refractivity contribution in [2.24, 2.45) is 5.10 Å². The second-order valence-corrected chi connectivity index (χ2v) is 7.74. The molecule has 0 saturated carbocycles. The fourth-order valence-corrected chi connectivity index (χ4v) is 3.40. The molecule has 4 rings (SSSR count). The molecule has 0 heterocycles. The Hall–Kier alpha value is -4.91. The zero-order valence-electron chi connectivity index (χ0n) is 19.7. The summed E-state index contributed by atoms with van der Waals surface area (Å²) < 4.78 is 11.0. The Labute approximate surface area is 209 Å². The highest BCUT2D eigenvalue weighted by atomic mass is 16.5. The molecule has 0 aliphatic heterocycles. The number of hydrazone groups is 1. The zero-order valence-corrected chi connectivity index (χ0v) is 19.7. The number of para-hydroxylation sites is 2. The van der Waals surface area contributed by atoms with E-state index in [1.165, 1.54) is 6.21 Å². The van der Waals surface area contributed by atoms with Gasteiger partial charge in [-0.05, 0) is 54.1 Å². The van der Waals surface area contributed by atoms with E-state index in [9.17, 15) is 9.59 Å². The maximum atomic E-state index is 12.8. The number of nitrogens with zero attached hydrogens (tertiary/aromatic N) is 1. The van der Waals surface area contributed by atoms with Crippen LogP contribution in [0.5, 0.6) is 11.5 Å². The minimum Gasteiger partial charge on any atom is -0.497 e. The van der Waals surface area contributed by atoms with Gasteiger partial charge in [-0.2, -0.15) is 5.10 Å². The van der Waals surface area contributed by atoms with Crippen molar-refractivity contribution in [1.29, 1.82) is 0 Å². The Kier molecular flexibility index (Phi) is 8.07. The quantitative estimate of drug-likeness (QED) is 0.252. The van der Waals surface area contributed by atoms with Gasteiger partial charge in [0.15, 0.2) is 0 Å². The molecular weight excluding hydrogens is 454 g/mol. The van der Waals surface area contributed by atoms with E-state index in [0.29, 0.717) is 29.4 Å². The van der Waals surface area contributed by atoms with Crippen LogP contribution >= 0.6 is 0 Å². The number of hydrogen-bond donors (Lipinski definition) is 2. The molecule has 0 aliphatic carbocycles. The maximum absolute atomic E-state index is 12.8. The number of hydrogen-bond acceptors (Lipinski definition) is 5. The molecule has 7 heteroatoms. The first kappa shape index (κ1) is 24.2. The average molecular weight is 480 g/mol. The van der Waals surface area contributed by atoms with Gasteiger partial charge >= 0.3 is 0 Å². The zero-order chi connectivity index (χ0) is 25.2. The van der Waals surface area contributed by atoms with Crippen LogP contribution in [-0.2, 0) is 6.61 Å². The minimum absolute atomic E-state index is 0.283. The summed E-state index contributed by atoms with van der Waals surface area (Å²) in [6.07, 6.45) is 1.52. The highest BCUT2D eigenvalue weighted by Gasteiger charge is 2.14. The third-order valence-electron chi connectivity index (χ3n) is 5.30. The summed E-state index contributed by atoms with van der Waals surface area (Å²) in [5, 5.41) is 6.88. The lowest BCUT2D eigenvalue weighted by molar-refractivity contribution is 0.0956. The van der Waals surface area contributed by atoms with Gasteiger partial charge in [-0.15, -0.1) is 0 Å². The summed E-state index contributed by atoms with van der Waals surface area (Å²) in [7, 11) is 1.56. The van der Waals surface area contributed by atoms with Crippen LogP contribution in [0.3, 0.4) is 0 Å². The molecule has 0 aliphatic rings. The van der Waals surface area contributed by atoms with Crippen molar-refractivity contribution >= 4 is 23.7 Å². The molecule has 0 unspecified atom stereocenters. The van der Waals surface area contributed by atoms with Gasteiger partial charge < -0.3 is 14.8 Å². The number of carbonyl (C=O) groups is 2. The van der Waals surface area contributed by atoms with Crippen LogP contribution in [-0.4, -0.2) is 25.1 Å². The first-order chi connectivity index (χ1) is 17.6. The minimum atomic E-state index is -0.459. The number of carbonyl (C=O) groups excluding carboxylic acids is 2. The fraction of sp³-hybridized carbons (Fsp3) is 0.0690. The number of ether oxygens (including phenoxy) is 2. The molecule has 0 radical (unpaired) electrons. The van der Waals surface area contributed by atoms with Gasteiger partial charge in [-0.1, -0.05) is 54.6 Å². The molecule has 0 aromatic heterocycles.